The van der Waals surface area contributed by atoms with Gasteiger partial charge in [0.15, 0.2) is 0 Å². The van der Waals surface area contributed by atoms with Gasteiger partial charge in [0.1, 0.15) is 29.8 Å². The molecule has 0 fully saturated rings. The molecule has 0 radical (unpaired) electrons. The molecular formula is C16H13N3O4. The van der Waals surface area contributed by atoms with E-state index in [1.54, 1.807) is 19.1 Å². The summed E-state index contributed by atoms with van der Waals surface area (Å²) in [4.78, 5) is 28.8. The van der Waals surface area contributed by atoms with Gasteiger partial charge in [0.2, 0.25) is 0 Å². The predicted molar refractivity (Wildman–Crippen MR) is 82.3 cm³/mol. The number of nitriles is 1. The molecule has 0 bridgehead atoms. The number of aromatic carboxylic acids is 1. The van der Waals surface area contributed by atoms with Gasteiger partial charge >= 0.3 is 5.97 Å². The Balaban J connectivity index is 2.40. The molecule has 116 valence electrons. The first-order valence-corrected chi connectivity index (χ1v) is 6.56. The number of rotatable bonds is 5. The second kappa shape index (κ2) is 6.58. The number of nitrogens with one attached hydrogen (secondary N) is 1. The minimum atomic E-state index is -1.36. The highest BCUT2D eigenvalue weighted by Gasteiger charge is 2.12. The van der Waals surface area contributed by atoms with Crippen molar-refractivity contribution < 1.29 is 14.6 Å². The molecule has 1 aromatic carbocycles. The normalized spacial score (nSPS) is 9.91. The van der Waals surface area contributed by atoms with Gasteiger partial charge in [-0.15, -0.1) is 0 Å². The van der Waals surface area contributed by atoms with Crippen LogP contribution in [0.25, 0.3) is 11.4 Å². The molecule has 0 saturated heterocycles. The van der Waals surface area contributed by atoms with E-state index in [0.29, 0.717) is 11.3 Å². The third-order valence-electron chi connectivity index (χ3n) is 2.88. The SMILES string of the molecule is C=C(C)COc1ccc(-c2ncc(C(=O)O)c(=O)[nH]2)cc1C#N. The van der Waals surface area contributed by atoms with Crippen LogP contribution in [0.3, 0.4) is 0 Å². The Morgan fingerprint density at radius 1 is 1.52 bits per heavy atom. The molecular weight excluding hydrogens is 298 g/mol. The molecule has 0 aliphatic carbocycles. The zero-order valence-corrected chi connectivity index (χ0v) is 12.3. The Labute approximate surface area is 131 Å². The fourth-order valence-electron chi connectivity index (χ4n) is 1.79. The fraction of sp³-hybridized carbons (Fsp3) is 0.125. The van der Waals surface area contributed by atoms with Crippen LogP contribution in [-0.4, -0.2) is 27.7 Å². The molecule has 2 N–H and O–H groups in total. The summed E-state index contributed by atoms with van der Waals surface area (Å²) in [6.07, 6.45) is 0.980. The highest BCUT2D eigenvalue weighted by atomic mass is 16.5. The Hall–Kier alpha value is -3.40. The molecule has 0 aliphatic rings. The molecule has 0 amide bonds. The van der Waals surface area contributed by atoms with E-state index in [1.165, 1.54) is 6.07 Å². The maximum atomic E-state index is 11.7. The summed E-state index contributed by atoms with van der Waals surface area (Å²) < 4.78 is 5.46. The van der Waals surface area contributed by atoms with Gasteiger partial charge in [0, 0.05) is 11.8 Å². The minimum absolute atomic E-state index is 0.169. The first kappa shape index (κ1) is 16.0. The number of nitrogens with zero attached hydrogens (tertiary/aromatic N) is 2. The number of hydrogen-bond donors (Lipinski definition) is 2. The molecule has 0 atom stereocenters. The van der Waals surface area contributed by atoms with E-state index in [0.717, 1.165) is 11.8 Å². The highest BCUT2D eigenvalue weighted by molar-refractivity contribution is 5.86. The highest BCUT2D eigenvalue weighted by Crippen LogP contribution is 2.24. The van der Waals surface area contributed by atoms with Crippen LogP contribution in [0.15, 0.2) is 41.3 Å². The number of carboxylic acids is 1. The number of hydrogen-bond acceptors (Lipinski definition) is 5. The third kappa shape index (κ3) is 3.63. The van der Waals surface area contributed by atoms with Crippen molar-refractivity contribution >= 4 is 5.97 Å². The van der Waals surface area contributed by atoms with Gasteiger partial charge in [-0.3, -0.25) is 4.79 Å². The number of ether oxygens (including phenoxy) is 1. The van der Waals surface area contributed by atoms with E-state index in [9.17, 15) is 14.9 Å². The van der Waals surface area contributed by atoms with Gasteiger partial charge in [-0.05, 0) is 30.7 Å². The molecule has 7 nitrogen and oxygen atoms in total. The predicted octanol–water partition coefficient (Wildman–Crippen LogP) is 1.96. The summed E-state index contributed by atoms with van der Waals surface area (Å²) in [7, 11) is 0. The lowest BCUT2D eigenvalue weighted by molar-refractivity contribution is 0.0694. The lowest BCUT2D eigenvalue weighted by atomic mass is 10.1. The van der Waals surface area contributed by atoms with Crippen LogP contribution < -0.4 is 10.3 Å². The summed E-state index contributed by atoms with van der Waals surface area (Å²) in [6.45, 7) is 5.81. The Morgan fingerprint density at radius 3 is 2.83 bits per heavy atom. The molecule has 23 heavy (non-hydrogen) atoms. The monoisotopic (exact) mass is 311 g/mol. The fourth-order valence-corrected chi connectivity index (χ4v) is 1.79. The minimum Gasteiger partial charge on any atom is -0.488 e. The van der Waals surface area contributed by atoms with E-state index < -0.39 is 17.1 Å². The maximum Gasteiger partial charge on any atom is 0.342 e. The van der Waals surface area contributed by atoms with Crippen molar-refractivity contribution in [1.29, 1.82) is 5.26 Å². The summed E-state index contributed by atoms with van der Waals surface area (Å²) >= 11 is 0. The number of carboxylic acid groups (broad SMARTS) is 1. The largest absolute Gasteiger partial charge is 0.488 e. The molecule has 0 aliphatic heterocycles. The molecule has 0 saturated carbocycles. The van der Waals surface area contributed by atoms with Crippen LogP contribution in [0, 0.1) is 11.3 Å². The summed E-state index contributed by atoms with van der Waals surface area (Å²) in [5.41, 5.74) is 0.347. The smallest absolute Gasteiger partial charge is 0.342 e. The van der Waals surface area contributed by atoms with E-state index in [1.807, 2.05) is 6.07 Å². The topological polar surface area (TPSA) is 116 Å². The maximum absolute atomic E-state index is 11.7. The number of carbonyl (C=O) groups is 1. The van der Waals surface area contributed by atoms with Crippen molar-refractivity contribution in [3.8, 4) is 23.2 Å². The quantitative estimate of drug-likeness (QED) is 0.815. The third-order valence-corrected chi connectivity index (χ3v) is 2.88. The zero-order valence-electron chi connectivity index (χ0n) is 12.3. The molecule has 7 heteroatoms. The van der Waals surface area contributed by atoms with Crippen LogP contribution in [-0.2, 0) is 0 Å². The van der Waals surface area contributed by atoms with Crippen LogP contribution in [0.4, 0.5) is 0 Å². The standard InChI is InChI=1S/C16H13N3O4/c1-9(2)8-23-13-4-3-10(5-11(13)6-17)14-18-7-12(16(21)22)15(20)19-14/h3-5,7H,1,8H2,2H3,(H,21,22)(H,18,19,20). The first-order chi connectivity index (χ1) is 10.9. The average molecular weight is 311 g/mol. The number of aromatic nitrogens is 2. The van der Waals surface area contributed by atoms with E-state index in [-0.39, 0.29) is 18.0 Å². The van der Waals surface area contributed by atoms with Crippen molar-refractivity contribution in [3.05, 3.63) is 58.0 Å². The number of H-pyrrole nitrogens is 1. The van der Waals surface area contributed by atoms with Crippen molar-refractivity contribution in [1.82, 2.24) is 9.97 Å². The number of aromatic amines is 1. The van der Waals surface area contributed by atoms with Gasteiger partial charge < -0.3 is 14.8 Å². The summed E-state index contributed by atoms with van der Waals surface area (Å²) in [5.74, 6) is -0.793. The molecule has 1 aromatic heterocycles. The molecule has 1 heterocycles. The Morgan fingerprint density at radius 2 is 2.26 bits per heavy atom. The van der Waals surface area contributed by atoms with E-state index >= 15 is 0 Å². The van der Waals surface area contributed by atoms with Gasteiger partial charge in [-0.2, -0.15) is 5.26 Å². The van der Waals surface area contributed by atoms with Crippen molar-refractivity contribution in [2.24, 2.45) is 0 Å². The van der Waals surface area contributed by atoms with Crippen LogP contribution in [0.1, 0.15) is 22.8 Å². The van der Waals surface area contributed by atoms with Crippen LogP contribution in [0.5, 0.6) is 5.75 Å². The van der Waals surface area contributed by atoms with Gasteiger partial charge in [-0.1, -0.05) is 6.58 Å². The first-order valence-electron chi connectivity index (χ1n) is 6.56. The van der Waals surface area contributed by atoms with Gasteiger partial charge in [-0.25, -0.2) is 9.78 Å². The zero-order chi connectivity index (χ0) is 17.0. The molecule has 0 unspecified atom stereocenters. The van der Waals surface area contributed by atoms with Crippen molar-refractivity contribution in [2.45, 2.75) is 6.92 Å². The van der Waals surface area contributed by atoms with Gasteiger partial charge in [0.25, 0.3) is 5.56 Å². The molecule has 2 aromatic rings. The van der Waals surface area contributed by atoms with Crippen molar-refractivity contribution in [3.63, 3.8) is 0 Å². The van der Waals surface area contributed by atoms with Crippen LogP contribution >= 0.6 is 0 Å². The number of benzene rings is 1. The molecule has 0 spiro atoms. The second-order valence-electron chi connectivity index (χ2n) is 4.85. The molecule has 2 rings (SSSR count). The van der Waals surface area contributed by atoms with Gasteiger partial charge in [0.05, 0.1) is 5.56 Å². The summed E-state index contributed by atoms with van der Waals surface area (Å²) in [6, 6.07) is 6.72. The summed E-state index contributed by atoms with van der Waals surface area (Å²) in [5, 5.41) is 18.0. The van der Waals surface area contributed by atoms with E-state index in [2.05, 4.69) is 16.5 Å². The lowest BCUT2D eigenvalue weighted by Gasteiger charge is -2.09. The van der Waals surface area contributed by atoms with Crippen molar-refractivity contribution in [2.75, 3.05) is 6.61 Å². The average Bonchev–Trinajstić information content (AvgIpc) is 2.52. The Bertz CT molecular complexity index is 878. The van der Waals surface area contributed by atoms with Crippen LogP contribution in [0.2, 0.25) is 0 Å². The lowest BCUT2D eigenvalue weighted by Crippen LogP contribution is -2.18. The second-order valence-corrected chi connectivity index (χ2v) is 4.85. The van der Waals surface area contributed by atoms with E-state index in [4.69, 9.17) is 9.84 Å². The Kier molecular flexibility index (Phi) is 4.57.